The van der Waals surface area contributed by atoms with E-state index < -0.39 is 12.0 Å². The van der Waals surface area contributed by atoms with Gasteiger partial charge in [0.2, 0.25) is 0 Å². The number of nitrogens with zero attached hydrogens (tertiary/aromatic N) is 2. The maximum absolute atomic E-state index is 11.5. The van der Waals surface area contributed by atoms with E-state index in [4.69, 9.17) is 0 Å². The van der Waals surface area contributed by atoms with Gasteiger partial charge in [0.25, 0.3) is 0 Å². The molecule has 2 heterocycles. The fourth-order valence-corrected chi connectivity index (χ4v) is 3.36. The number of carboxylic acid groups (broad SMARTS) is 1. The van der Waals surface area contributed by atoms with Crippen molar-refractivity contribution >= 4 is 17.0 Å². The molecule has 5 nitrogen and oxygen atoms in total. The first-order chi connectivity index (χ1) is 10.1. The van der Waals surface area contributed by atoms with Crippen molar-refractivity contribution in [1.29, 1.82) is 0 Å². The fraction of sp³-hybridized carbons (Fsp3) is 0.500. The number of carboxylic acids is 1. The number of aromatic amines is 1. The molecule has 2 unspecified atom stereocenters. The molecule has 1 aromatic carbocycles. The molecule has 3 rings (SSSR count). The first kappa shape index (κ1) is 14.1. The maximum atomic E-state index is 11.5. The highest BCUT2D eigenvalue weighted by molar-refractivity contribution is 5.75. The molecular weight excluding hydrogens is 266 g/mol. The van der Waals surface area contributed by atoms with E-state index in [1.165, 1.54) is 0 Å². The summed E-state index contributed by atoms with van der Waals surface area (Å²) in [5, 5.41) is 9.43. The number of benzene rings is 1. The molecule has 0 radical (unpaired) electrons. The van der Waals surface area contributed by atoms with Crippen molar-refractivity contribution in [2.24, 2.45) is 5.92 Å². The number of H-pyrrole nitrogens is 1. The van der Waals surface area contributed by atoms with Crippen LogP contribution in [0.5, 0.6) is 0 Å². The molecule has 1 saturated heterocycles. The number of aliphatic carboxylic acids is 1. The third-order valence-electron chi connectivity index (χ3n) is 4.26. The van der Waals surface area contributed by atoms with E-state index in [0.717, 1.165) is 36.2 Å². The summed E-state index contributed by atoms with van der Waals surface area (Å²) in [6, 6.07) is 7.54. The average Bonchev–Trinajstić information content (AvgIpc) is 3.04. The van der Waals surface area contributed by atoms with Crippen molar-refractivity contribution < 1.29 is 9.90 Å². The molecule has 2 aromatic rings. The van der Waals surface area contributed by atoms with Gasteiger partial charge < -0.3 is 10.1 Å². The average molecular weight is 287 g/mol. The summed E-state index contributed by atoms with van der Waals surface area (Å²) < 4.78 is 0. The van der Waals surface area contributed by atoms with Crippen molar-refractivity contribution in [2.75, 3.05) is 6.54 Å². The Morgan fingerprint density at radius 2 is 2.19 bits per heavy atom. The number of hydrogen-bond donors (Lipinski definition) is 2. The van der Waals surface area contributed by atoms with E-state index in [1.54, 1.807) is 0 Å². The minimum atomic E-state index is -0.728. The van der Waals surface area contributed by atoms with Gasteiger partial charge in [-0.2, -0.15) is 0 Å². The van der Waals surface area contributed by atoms with Gasteiger partial charge in [0.1, 0.15) is 11.9 Å². The van der Waals surface area contributed by atoms with Crippen LogP contribution in [0.4, 0.5) is 0 Å². The minimum absolute atomic E-state index is 0.0148. The van der Waals surface area contributed by atoms with E-state index in [9.17, 15) is 9.90 Å². The molecule has 0 spiro atoms. The highest BCUT2D eigenvalue weighted by atomic mass is 16.4. The Labute approximate surface area is 124 Å². The molecule has 112 valence electrons. The van der Waals surface area contributed by atoms with E-state index in [-0.39, 0.29) is 6.04 Å². The predicted molar refractivity (Wildman–Crippen MR) is 81.0 cm³/mol. The zero-order valence-corrected chi connectivity index (χ0v) is 12.4. The van der Waals surface area contributed by atoms with Crippen LogP contribution < -0.4 is 0 Å². The highest BCUT2D eigenvalue weighted by Gasteiger charge is 2.38. The van der Waals surface area contributed by atoms with Gasteiger partial charge >= 0.3 is 5.97 Å². The Hall–Kier alpha value is -1.88. The van der Waals surface area contributed by atoms with Crippen molar-refractivity contribution in [3.05, 3.63) is 30.1 Å². The molecule has 1 aliphatic rings. The summed E-state index contributed by atoms with van der Waals surface area (Å²) in [4.78, 5) is 21.6. The molecule has 21 heavy (non-hydrogen) atoms. The van der Waals surface area contributed by atoms with Gasteiger partial charge in [-0.25, -0.2) is 4.98 Å². The molecule has 2 N–H and O–H groups in total. The first-order valence-corrected chi connectivity index (χ1v) is 7.51. The second kappa shape index (κ2) is 5.48. The largest absolute Gasteiger partial charge is 0.480 e. The number of rotatable bonds is 4. The molecule has 1 aromatic heterocycles. The second-order valence-electron chi connectivity index (χ2n) is 6.06. The van der Waals surface area contributed by atoms with Crippen LogP contribution in [-0.2, 0) is 4.79 Å². The smallest absolute Gasteiger partial charge is 0.320 e. The van der Waals surface area contributed by atoms with Crippen LogP contribution in [0.15, 0.2) is 24.3 Å². The van der Waals surface area contributed by atoms with Crippen LogP contribution >= 0.6 is 0 Å². The number of likely N-dealkylation sites (tertiary alicyclic amines) is 1. The molecule has 5 heteroatoms. The standard InChI is InChI=1S/C16H21N3O2/c1-10(2)14(19-9-5-8-13(19)16(20)21)15-17-11-6-3-4-7-12(11)18-15/h3-4,6-7,10,13-14H,5,8-9H2,1-2H3,(H,17,18)(H,20,21). The van der Waals surface area contributed by atoms with Crippen molar-refractivity contribution in [1.82, 2.24) is 14.9 Å². The normalized spacial score (nSPS) is 21.2. The number of carbonyl (C=O) groups is 1. The Bertz CT molecular complexity index is 617. The van der Waals surface area contributed by atoms with Gasteiger partial charge in [-0.1, -0.05) is 26.0 Å². The summed E-state index contributed by atoms with van der Waals surface area (Å²) in [6.45, 7) is 5.06. The Balaban J connectivity index is 1.99. The van der Waals surface area contributed by atoms with Crippen molar-refractivity contribution in [3.8, 4) is 0 Å². The van der Waals surface area contributed by atoms with Crippen molar-refractivity contribution in [3.63, 3.8) is 0 Å². The Kier molecular flexibility index (Phi) is 3.68. The monoisotopic (exact) mass is 287 g/mol. The third-order valence-corrected chi connectivity index (χ3v) is 4.26. The second-order valence-corrected chi connectivity index (χ2v) is 6.06. The zero-order valence-electron chi connectivity index (χ0n) is 12.4. The van der Waals surface area contributed by atoms with Gasteiger partial charge in [0.15, 0.2) is 0 Å². The predicted octanol–water partition coefficient (Wildman–Crippen LogP) is 2.81. The van der Waals surface area contributed by atoms with E-state index in [0.29, 0.717) is 5.92 Å². The molecule has 0 aliphatic carbocycles. The number of para-hydroxylation sites is 2. The fourth-order valence-electron chi connectivity index (χ4n) is 3.36. The lowest BCUT2D eigenvalue weighted by Crippen LogP contribution is -2.41. The molecule has 1 aliphatic heterocycles. The minimum Gasteiger partial charge on any atom is -0.480 e. The SMILES string of the molecule is CC(C)C(c1nc2ccccc2[nH]1)N1CCCC1C(=O)O. The summed E-state index contributed by atoms with van der Waals surface area (Å²) in [6.07, 6.45) is 1.65. The molecule has 0 bridgehead atoms. The van der Waals surface area contributed by atoms with Crippen LogP contribution in [0, 0.1) is 5.92 Å². The number of aromatic nitrogens is 2. The van der Waals surface area contributed by atoms with Gasteiger partial charge in [0, 0.05) is 0 Å². The Morgan fingerprint density at radius 1 is 1.43 bits per heavy atom. The highest BCUT2D eigenvalue weighted by Crippen LogP contribution is 2.34. The summed E-state index contributed by atoms with van der Waals surface area (Å²) >= 11 is 0. The third kappa shape index (κ3) is 2.53. The lowest BCUT2D eigenvalue weighted by Gasteiger charge is -2.32. The van der Waals surface area contributed by atoms with Crippen LogP contribution in [-0.4, -0.2) is 38.5 Å². The molecule has 0 saturated carbocycles. The first-order valence-electron chi connectivity index (χ1n) is 7.51. The Morgan fingerprint density at radius 3 is 2.86 bits per heavy atom. The van der Waals surface area contributed by atoms with Gasteiger partial charge in [-0.3, -0.25) is 9.69 Å². The molecule has 0 amide bonds. The molecule has 1 fully saturated rings. The summed E-state index contributed by atoms with van der Waals surface area (Å²) in [5.41, 5.74) is 1.94. The summed E-state index contributed by atoms with van der Waals surface area (Å²) in [5.74, 6) is 0.444. The van der Waals surface area contributed by atoms with Gasteiger partial charge in [-0.05, 0) is 37.4 Å². The maximum Gasteiger partial charge on any atom is 0.320 e. The van der Waals surface area contributed by atoms with E-state index >= 15 is 0 Å². The number of nitrogens with one attached hydrogen (secondary N) is 1. The molecular formula is C16H21N3O2. The van der Waals surface area contributed by atoms with Crippen LogP contribution in [0.1, 0.15) is 38.6 Å². The van der Waals surface area contributed by atoms with E-state index in [2.05, 4.69) is 28.7 Å². The van der Waals surface area contributed by atoms with Crippen LogP contribution in [0.25, 0.3) is 11.0 Å². The van der Waals surface area contributed by atoms with Gasteiger partial charge in [0.05, 0.1) is 17.1 Å². The lowest BCUT2D eigenvalue weighted by atomic mass is 10.0. The number of imidazole rings is 1. The van der Waals surface area contributed by atoms with E-state index in [1.807, 2.05) is 24.3 Å². The van der Waals surface area contributed by atoms with Crippen LogP contribution in [0.2, 0.25) is 0 Å². The number of fused-ring (bicyclic) bond motifs is 1. The topological polar surface area (TPSA) is 69.2 Å². The van der Waals surface area contributed by atoms with Crippen molar-refractivity contribution in [2.45, 2.75) is 38.8 Å². The zero-order chi connectivity index (χ0) is 15.0. The number of hydrogen-bond acceptors (Lipinski definition) is 3. The van der Waals surface area contributed by atoms with Crippen LogP contribution in [0.3, 0.4) is 0 Å². The molecule has 2 atom stereocenters. The quantitative estimate of drug-likeness (QED) is 0.907. The van der Waals surface area contributed by atoms with Gasteiger partial charge in [-0.15, -0.1) is 0 Å². The lowest BCUT2D eigenvalue weighted by molar-refractivity contribution is -0.143. The summed E-state index contributed by atoms with van der Waals surface area (Å²) in [7, 11) is 0.